The Morgan fingerprint density at radius 2 is 2.20 bits per heavy atom. The van der Waals surface area contributed by atoms with E-state index in [0.717, 1.165) is 36.1 Å². The third-order valence-electron chi connectivity index (χ3n) is 4.13. The third-order valence-corrected chi connectivity index (χ3v) is 4.13. The van der Waals surface area contributed by atoms with Crippen LogP contribution < -0.4 is 5.32 Å². The number of hydrogen-bond acceptors (Lipinski definition) is 4. The first-order valence-corrected chi connectivity index (χ1v) is 6.85. The number of aromatic nitrogens is 1. The van der Waals surface area contributed by atoms with Crippen LogP contribution in [0, 0.1) is 11.3 Å². The quantitative estimate of drug-likeness (QED) is 0.924. The molecule has 0 saturated heterocycles. The molecule has 1 aliphatic carbocycles. The smallest absolute Gasteiger partial charge is 0.128 e. The van der Waals surface area contributed by atoms with Gasteiger partial charge in [-0.3, -0.25) is 0 Å². The van der Waals surface area contributed by atoms with Crippen molar-refractivity contribution in [2.24, 2.45) is 0 Å². The number of nitriles is 1. The average Bonchev–Trinajstić information content (AvgIpc) is 2.45. The summed E-state index contributed by atoms with van der Waals surface area (Å²) in [6.45, 7) is 0.736. The first-order valence-electron chi connectivity index (χ1n) is 6.85. The fraction of sp³-hybridized carbons (Fsp3) is 0.375. The molecule has 1 aromatic heterocycles. The number of methoxy groups -OCH3 is 1. The molecule has 1 saturated carbocycles. The standard InChI is InChI=1S/C16H17N3O/c1-20-16(7-4-8-16)11-18-15-9-12(10-17)13-5-2-3-6-14(13)19-15/h2-3,5-6,9H,4,7-8,11H2,1H3,(H,18,19). The maximum Gasteiger partial charge on any atom is 0.128 e. The molecule has 3 rings (SSSR count). The first-order chi connectivity index (χ1) is 9.76. The van der Waals surface area contributed by atoms with Gasteiger partial charge in [0.15, 0.2) is 0 Å². The number of para-hydroxylation sites is 1. The van der Waals surface area contributed by atoms with E-state index in [2.05, 4.69) is 16.4 Å². The molecule has 1 heterocycles. The number of anilines is 1. The summed E-state index contributed by atoms with van der Waals surface area (Å²) in [4.78, 5) is 4.56. The van der Waals surface area contributed by atoms with Crippen molar-refractivity contribution < 1.29 is 4.74 Å². The maximum atomic E-state index is 9.26. The summed E-state index contributed by atoms with van der Waals surface area (Å²) in [6.07, 6.45) is 3.37. The van der Waals surface area contributed by atoms with Crippen LogP contribution in [0.25, 0.3) is 10.9 Å². The van der Waals surface area contributed by atoms with Gasteiger partial charge in [-0.15, -0.1) is 0 Å². The topological polar surface area (TPSA) is 57.9 Å². The number of ether oxygens (including phenoxy) is 1. The molecule has 1 N–H and O–H groups in total. The van der Waals surface area contributed by atoms with E-state index in [9.17, 15) is 5.26 Å². The van der Waals surface area contributed by atoms with Crippen molar-refractivity contribution in [2.45, 2.75) is 24.9 Å². The van der Waals surface area contributed by atoms with Crippen LogP contribution in [-0.4, -0.2) is 24.2 Å². The lowest BCUT2D eigenvalue weighted by Gasteiger charge is -2.40. The van der Waals surface area contributed by atoms with E-state index in [1.54, 1.807) is 7.11 Å². The van der Waals surface area contributed by atoms with Gasteiger partial charge in [0, 0.05) is 19.0 Å². The second-order valence-electron chi connectivity index (χ2n) is 5.28. The minimum atomic E-state index is -0.0554. The fourth-order valence-electron chi connectivity index (χ4n) is 2.63. The van der Waals surface area contributed by atoms with E-state index >= 15 is 0 Å². The molecular formula is C16H17N3O. The first kappa shape index (κ1) is 12.9. The van der Waals surface area contributed by atoms with Gasteiger partial charge >= 0.3 is 0 Å². The Bertz CT molecular complexity index is 665. The van der Waals surface area contributed by atoms with Gasteiger partial charge in [0.2, 0.25) is 0 Å². The largest absolute Gasteiger partial charge is 0.376 e. The molecule has 0 radical (unpaired) electrons. The zero-order valence-corrected chi connectivity index (χ0v) is 11.5. The van der Waals surface area contributed by atoms with E-state index in [0.29, 0.717) is 5.56 Å². The molecule has 1 aliphatic rings. The van der Waals surface area contributed by atoms with E-state index in [4.69, 9.17) is 4.74 Å². The number of nitrogens with one attached hydrogen (secondary N) is 1. The van der Waals surface area contributed by atoms with Gasteiger partial charge in [-0.1, -0.05) is 18.2 Å². The number of hydrogen-bond donors (Lipinski definition) is 1. The van der Waals surface area contributed by atoms with Gasteiger partial charge in [0.1, 0.15) is 5.82 Å². The predicted octanol–water partition coefficient (Wildman–Crippen LogP) is 3.09. The highest BCUT2D eigenvalue weighted by molar-refractivity contribution is 5.86. The van der Waals surface area contributed by atoms with Crippen molar-refractivity contribution >= 4 is 16.7 Å². The number of fused-ring (bicyclic) bond motifs is 1. The van der Waals surface area contributed by atoms with E-state index in [-0.39, 0.29) is 5.60 Å². The summed E-state index contributed by atoms with van der Waals surface area (Å²) in [5.41, 5.74) is 1.44. The lowest BCUT2D eigenvalue weighted by Crippen LogP contribution is -2.45. The van der Waals surface area contributed by atoms with Gasteiger partial charge < -0.3 is 10.1 Å². The molecule has 0 bridgehead atoms. The van der Waals surface area contributed by atoms with Gasteiger partial charge in [-0.25, -0.2) is 4.98 Å². The van der Waals surface area contributed by atoms with Crippen molar-refractivity contribution in [3.05, 3.63) is 35.9 Å². The Labute approximate surface area is 118 Å². The highest BCUT2D eigenvalue weighted by Gasteiger charge is 2.36. The van der Waals surface area contributed by atoms with Crippen molar-refractivity contribution in [2.75, 3.05) is 19.0 Å². The second kappa shape index (κ2) is 5.10. The summed E-state index contributed by atoms with van der Waals surface area (Å²) in [5, 5.41) is 13.5. The van der Waals surface area contributed by atoms with Crippen LogP contribution in [0.5, 0.6) is 0 Å². The normalized spacial score (nSPS) is 16.4. The lowest BCUT2D eigenvalue weighted by molar-refractivity contribution is -0.0601. The third kappa shape index (κ3) is 2.21. The van der Waals surface area contributed by atoms with E-state index in [1.807, 2.05) is 30.3 Å². The summed E-state index contributed by atoms with van der Waals surface area (Å²) in [7, 11) is 1.76. The van der Waals surface area contributed by atoms with Crippen molar-refractivity contribution in [1.29, 1.82) is 5.26 Å². The molecule has 20 heavy (non-hydrogen) atoms. The van der Waals surface area contributed by atoms with Gasteiger partial charge in [-0.2, -0.15) is 5.26 Å². The monoisotopic (exact) mass is 267 g/mol. The van der Waals surface area contributed by atoms with E-state index < -0.39 is 0 Å². The zero-order chi connectivity index (χ0) is 14.0. The number of pyridine rings is 1. The Morgan fingerprint density at radius 1 is 1.40 bits per heavy atom. The molecule has 4 nitrogen and oxygen atoms in total. The van der Waals surface area contributed by atoms with Crippen molar-refractivity contribution in [1.82, 2.24) is 4.98 Å². The minimum Gasteiger partial charge on any atom is -0.376 e. The highest BCUT2D eigenvalue weighted by Crippen LogP contribution is 2.35. The molecule has 0 amide bonds. The van der Waals surface area contributed by atoms with Gasteiger partial charge in [-0.05, 0) is 31.4 Å². The Morgan fingerprint density at radius 3 is 2.85 bits per heavy atom. The number of benzene rings is 1. The summed E-state index contributed by atoms with van der Waals surface area (Å²) < 4.78 is 5.58. The molecule has 0 spiro atoms. The Hall–Kier alpha value is -2.12. The molecule has 4 heteroatoms. The summed E-state index contributed by atoms with van der Waals surface area (Å²) in [6, 6.07) is 11.8. The predicted molar refractivity (Wildman–Crippen MR) is 78.5 cm³/mol. The molecule has 0 atom stereocenters. The SMILES string of the molecule is COC1(CNc2cc(C#N)c3ccccc3n2)CCC1. The van der Waals surface area contributed by atoms with Crippen molar-refractivity contribution in [3.63, 3.8) is 0 Å². The van der Waals surface area contributed by atoms with Crippen LogP contribution in [-0.2, 0) is 4.74 Å². The van der Waals surface area contributed by atoms with Crippen LogP contribution in [0.2, 0.25) is 0 Å². The highest BCUT2D eigenvalue weighted by atomic mass is 16.5. The van der Waals surface area contributed by atoms with Crippen LogP contribution in [0.1, 0.15) is 24.8 Å². The van der Waals surface area contributed by atoms with Gasteiger partial charge in [0.05, 0.1) is 22.8 Å². The maximum absolute atomic E-state index is 9.26. The molecule has 1 fully saturated rings. The molecule has 2 aromatic rings. The molecule has 0 aliphatic heterocycles. The van der Waals surface area contributed by atoms with E-state index in [1.165, 1.54) is 6.42 Å². The van der Waals surface area contributed by atoms with Crippen LogP contribution in [0.15, 0.2) is 30.3 Å². The Balaban J connectivity index is 1.87. The van der Waals surface area contributed by atoms with Crippen LogP contribution >= 0.6 is 0 Å². The minimum absolute atomic E-state index is 0.0554. The van der Waals surface area contributed by atoms with Crippen molar-refractivity contribution in [3.8, 4) is 6.07 Å². The second-order valence-corrected chi connectivity index (χ2v) is 5.28. The zero-order valence-electron chi connectivity index (χ0n) is 11.5. The fourth-order valence-corrected chi connectivity index (χ4v) is 2.63. The van der Waals surface area contributed by atoms with Crippen LogP contribution in [0.4, 0.5) is 5.82 Å². The molecule has 1 aromatic carbocycles. The molecular weight excluding hydrogens is 250 g/mol. The lowest BCUT2D eigenvalue weighted by atomic mass is 9.80. The van der Waals surface area contributed by atoms with Crippen LogP contribution in [0.3, 0.4) is 0 Å². The molecule has 102 valence electrons. The number of nitrogens with zero attached hydrogens (tertiary/aromatic N) is 2. The van der Waals surface area contributed by atoms with Gasteiger partial charge in [0.25, 0.3) is 0 Å². The summed E-state index contributed by atoms with van der Waals surface area (Å²) in [5.74, 6) is 0.739. The number of rotatable bonds is 4. The molecule has 0 unspecified atom stereocenters. The summed E-state index contributed by atoms with van der Waals surface area (Å²) >= 11 is 0. The average molecular weight is 267 g/mol. The Kier molecular flexibility index (Phi) is 3.29.